The summed E-state index contributed by atoms with van der Waals surface area (Å²) in [6.07, 6.45) is 0. The molecule has 9 aromatic carbocycles. The van der Waals surface area contributed by atoms with Crippen molar-refractivity contribution < 1.29 is 4.42 Å². The van der Waals surface area contributed by atoms with E-state index in [0.29, 0.717) is 17.5 Å². The monoisotopic (exact) mass is 804 g/mol. The minimum Gasteiger partial charge on any atom is -0.455 e. The van der Waals surface area contributed by atoms with Gasteiger partial charge in [-0.05, 0) is 46.0 Å². The predicted molar refractivity (Wildman–Crippen MR) is 258 cm³/mol. The van der Waals surface area contributed by atoms with Gasteiger partial charge in [0.2, 0.25) is 0 Å². The van der Waals surface area contributed by atoms with Gasteiger partial charge in [-0.3, -0.25) is 0 Å². The van der Waals surface area contributed by atoms with Crippen LogP contribution in [-0.4, -0.2) is 19.9 Å². The van der Waals surface area contributed by atoms with E-state index in [2.05, 4.69) is 164 Å². The summed E-state index contributed by atoms with van der Waals surface area (Å²) < 4.78 is 6.36. The highest BCUT2D eigenvalue weighted by atomic mass is 16.3. The third-order valence-electron chi connectivity index (χ3n) is 11.9. The summed E-state index contributed by atoms with van der Waals surface area (Å²) in [5.41, 5.74) is 14.2. The summed E-state index contributed by atoms with van der Waals surface area (Å²) in [4.78, 5) is 20.3. The molecule has 0 aliphatic rings. The number of nitrogens with zero attached hydrogens (tertiary/aromatic N) is 4. The van der Waals surface area contributed by atoms with Gasteiger partial charge in [0.15, 0.2) is 17.5 Å². The Morgan fingerprint density at radius 3 is 1.49 bits per heavy atom. The average Bonchev–Trinajstić information content (AvgIpc) is 3.76. The fourth-order valence-corrected chi connectivity index (χ4v) is 8.86. The Morgan fingerprint density at radius 1 is 0.286 bits per heavy atom. The standard InChI is InChI=1S/C58H36N4O/c1-3-14-39(15-4-1)54-50-25-12-22-45(53(50)49-21-7-9-26-51(49)59-54)44-19-11-18-43(36-44)37-28-32-41(33-29-37)57-60-56(40-16-5-2-6-17-40)61-58(62-57)42-34-30-38(31-35-42)46-23-13-24-48-47-20-8-10-27-52(47)63-55(46)48/h1-36H. The lowest BCUT2D eigenvalue weighted by Crippen LogP contribution is -2.00. The van der Waals surface area contributed by atoms with Crippen molar-refractivity contribution >= 4 is 43.6 Å². The molecule has 294 valence electrons. The number of hydrogen-bond donors (Lipinski definition) is 0. The Labute approximate surface area is 363 Å². The lowest BCUT2D eigenvalue weighted by Gasteiger charge is -2.15. The third kappa shape index (κ3) is 6.51. The first kappa shape index (κ1) is 36.3. The molecule has 3 aromatic heterocycles. The van der Waals surface area contributed by atoms with Crippen LogP contribution < -0.4 is 0 Å². The number of aromatic nitrogens is 4. The molecule has 12 aromatic rings. The van der Waals surface area contributed by atoms with Gasteiger partial charge < -0.3 is 4.42 Å². The Balaban J connectivity index is 0.904. The van der Waals surface area contributed by atoms with Crippen molar-refractivity contribution in [1.82, 2.24) is 19.9 Å². The molecule has 12 rings (SSSR count). The molecule has 0 spiro atoms. The van der Waals surface area contributed by atoms with Crippen LogP contribution in [0.3, 0.4) is 0 Å². The van der Waals surface area contributed by atoms with Gasteiger partial charge in [0, 0.05) is 54.7 Å². The summed E-state index contributed by atoms with van der Waals surface area (Å²) in [6, 6.07) is 75.8. The smallest absolute Gasteiger partial charge is 0.164 e. The Bertz CT molecular complexity index is 3660. The summed E-state index contributed by atoms with van der Waals surface area (Å²) in [6.45, 7) is 0. The number of hydrogen-bond acceptors (Lipinski definition) is 5. The van der Waals surface area contributed by atoms with Gasteiger partial charge in [-0.2, -0.15) is 0 Å². The molecule has 3 heterocycles. The number of furan rings is 1. The van der Waals surface area contributed by atoms with Crippen molar-refractivity contribution in [1.29, 1.82) is 0 Å². The van der Waals surface area contributed by atoms with Gasteiger partial charge in [-0.25, -0.2) is 19.9 Å². The fraction of sp³-hybridized carbons (Fsp3) is 0. The van der Waals surface area contributed by atoms with Crippen molar-refractivity contribution in [3.8, 4) is 78.8 Å². The molecular weight excluding hydrogens is 769 g/mol. The largest absolute Gasteiger partial charge is 0.455 e. The molecule has 0 bridgehead atoms. The van der Waals surface area contributed by atoms with Crippen LogP contribution in [-0.2, 0) is 0 Å². The number of para-hydroxylation sites is 3. The molecule has 0 saturated carbocycles. The van der Waals surface area contributed by atoms with Crippen molar-refractivity contribution in [3.63, 3.8) is 0 Å². The molecule has 0 atom stereocenters. The first-order chi connectivity index (χ1) is 31.2. The summed E-state index contributed by atoms with van der Waals surface area (Å²) in [7, 11) is 0. The van der Waals surface area contributed by atoms with E-state index >= 15 is 0 Å². The second-order valence-corrected chi connectivity index (χ2v) is 15.8. The van der Waals surface area contributed by atoms with Gasteiger partial charge in [0.25, 0.3) is 0 Å². The zero-order valence-electron chi connectivity index (χ0n) is 34.0. The van der Waals surface area contributed by atoms with Crippen molar-refractivity contribution in [2.75, 3.05) is 0 Å². The topological polar surface area (TPSA) is 64.7 Å². The number of fused-ring (bicyclic) bond motifs is 6. The third-order valence-corrected chi connectivity index (χ3v) is 11.9. The number of benzene rings is 9. The van der Waals surface area contributed by atoms with Gasteiger partial charge in [0.1, 0.15) is 11.2 Å². The van der Waals surface area contributed by atoms with E-state index in [1.165, 1.54) is 10.9 Å². The van der Waals surface area contributed by atoms with Crippen LogP contribution in [0.1, 0.15) is 0 Å². The Morgan fingerprint density at radius 2 is 0.778 bits per heavy atom. The van der Waals surface area contributed by atoms with Crippen molar-refractivity contribution in [2.45, 2.75) is 0 Å². The molecule has 0 fully saturated rings. The molecule has 5 heteroatoms. The number of pyridine rings is 1. The molecule has 0 N–H and O–H groups in total. The van der Waals surface area contributed by atoms with Gasteiger partial charge in [-0.1, -0.05) is 200 Å². The predicted octanol–water partition coefficient (Wildman–Crippen LogP) is 15.1. The van der Waals surface area contributed by atoms with Gasteiger partial charge >= 0.3 is 0 Å². The molecule has 5 nitrogen and oxygen atoms in total. The molecule has 0 saturated heterocycles. The lowest BCUT2D eigenvalue weighted by atomic mass is 9.91. The molecule has 0 unspecified atom stereocenters. The molecular formula is C58H36N4O. The first-order valence-electron chi connectivity index (χ1n) is 21.1. The minimum absolute atomic E-state index is 0.609. The molecule has 0 amide bonds. The van der Waals surface area contributed by atoms with Crippen LogP contribution in [0.5, 0.6) is 0 Å². The highest BCUT2D eigenvalue weighted by Gasteiger charge is 2.17. The van der Waals surface area contributed by atoms with E-state index in [-0.39, 0.29) is 0 Å². The van der Waals surface area contributed by atoms with Crippen LogP contribution in [0.2, 0.25) is 0 Å². The first-order valence-corrected chi connectivity index (χ1v) is 21.1. The van der Waals surface area contributed by atoms with Crippen LogP contribution in [0.25, 0.3) is 122 Å². The van der Waals surface area contributed by atoms with E-state index in [1.807, 2.05) is 54.6 Å². The average molecular weight is 805 g/mol. The van der Waals surface area contributed by atoms with E-state index in [0.717, 1.165) is 94.0 Å². The normalized spacial score (nSPS) is 11.5. The quantitative estimate of drug-likeness (QED) is 0.150. The maximum atomic E-state index is 6.36. The van der Waals surface area contributed by atoms with E-state index in [1.54, 1.807) is 0 Å². The van der Waals surface area contributed by atoms with Gasteiger partial charge in [-0.15, -0.1) is 0 Å². The summed E-state index contributed by atoms with van der Waals surface area (Å²) in [5.74, 6) is 1.84. The minimum atomic E-state index is 0.609. The fourth-order valence-electron chi connectivity index (χ4n) is 8.86. The highest BCUT2D eigenvalue weighted by molar-refractivity contribution is 6.17. The zero-order chi connectivity index (χ0) is 41.7. The zero-order valence-corrected chi connectivity index (χ0v) is 34.0. The van der Waals surface area contributed by atoms with Crippen LogP contribution in [0.15, 0.2) is 223 Å². The number of rotatable bonds is 7. The van der Waals surface area contributed by atoms with Crippen molar-refractivity contribution in [3.05, 3.63) is 218 Å². The SMILES string of the molecule is c1ccc(-c2nc(-c3ccc(-c4cccc(-c5cccc6c(-c7ccccc7)nc7ccccc7c56)c4)cc3)nc(-c3ccc(-c4cccc5c4oc4ccccc45)cc3)n2)cc1. The van der Waals surface area contributed by atoms with E-state index < -0.39 is 0 Å². The highest BCUT2D eigenvalue weighted by Crippen LogP contribution is 2.40. The molecule has 0 aliphatic heterocycles. The molecule has 0 aliphatic carbocycles. The summed E-state index contributed by atoms with van der Waals surface area (Å²) >= 11 is 0. The Hall–Kier alpha value is -8.54. The maximum Gasteiger partial charge on any atom is 0.164 e. The van der Waals surface area contributed by atoms with Crippen LogP contribution in [0, 0.1) is 0 Å². The lowest BCUT2D eigenvalue weighted by molar-refractivity contribution is 0.670. The van der Waals surface area contributed by atoms with Crippen molar-refractivity contribution in [2.24, 2.45) is 0 Å². The maximum absolute atomic E-state index is 6.36. The Kier molecular flexibility index (Phi) is 8.75. The second kappa shape index (κ2) is 15.2. The van der Waals surface area contributed by atoms with Gasteiger partial charge in [0.05, 0.1) is 11.2 Å². The van der Waals surface area contributed by atoms with E-state index in [9.17, 15) is 0 Å². The molecule has 63 heavy (non-hydrogen) atoms. The van der Waals surface area contributed by atoms with Crippen LogP contribution in [0.4, 0.5) is 0 Å². The van der Waals surface area contributed by atoms with Crippen LogP contribution >= 0.6 is 0 Å². The van der Waals surface area contributed by atoms with E-state index in [4.69, 9.17) is 24.4 Å². The summed E-state index contributed by atoms with van der Waals surface area (Å²) in [5, 5.41) is 5.70. The second-order valence-electron chi connectivity index (χ2n) is 15.8. The molecule has 0 radical (unpaired) electrons.